The molecule has 0 bridgehead atoms. The predicted octanol–water partition coefficient (Wildman–Crippen LogP) is 5.44. The average Bonchev–Trinajstić information content (AvgIpc) is 2.63. The van der Waals surface area contributed by atoms with Gasteiger partial charge in [-0.15, -0.1) is 0 Å². The van der Waals surface area contributed by atoms with Crippen LogP contribution in [-0.2, 0) is 6.54 Å². The Balaban J connectivity index is 1.63. The van der Waals surface area contributed by atoms with Crippen LogP contribution in [0.4, 0.5) is 5.69 Å². The number of rotatable bonds is 6. The van der Waals surface area contributed by atoms with E-state index in [2.05, 4.69) is 5.32 Å². The molecule has 4 nitrogen and oxygen atoms in total. The molecule has 3 rings (SSSR count). The highest BCUT2D eigenvalue weighted by molar-refractivity contribution is 6.32. The molecule has 0 saturated carbocycles. The standard InChI is InChI=1S/C20H16ClNO3/c21-18-12-15(20(23)24)8-11-19(18)25-17-9-6-14(7-10-17)13-22-16-4-2-1-3-5-16/h1-12,22H,13H2,(H,23,24). The third-order valence-corrected chi connectivity index (χ3v) is 3.90. The fraction of sp³-hybridized carbons (Fsp3) is 0.0500. The van der Waals surface area contributed by atoms with Crippen LogP contribution in [0.3, 0.4) is 0 Å². The van der Waals surface area contributed by atoms with Crippen LogP contribution in [0.1, 0.15) is 15.9 Å². The molecule has 0 spiro atoms. The molecule has 0 saturated heterocycles. The van der Waals surface area contributed by atoms with Crippen LogP contribution in [-0.4, -0.2) is 11.1 Å². The second-order valence-corrected chi connectivity index (χ2v) is 5.82. The number of hydrogen-bond acceptors (Lipinski definition) is 3. The van der Waals surface area contributed by atoms with E-state index in [9.17, 15) is 4.79 Å². The number of anilines is 1. The molecule has 0 aliphatic rings. The summed E-state index contributed by atoms with van der Waals surface area (Å²) in [5.74, 6) is 0.0268. The van der Waals surface area contributed by atoms with E-state index in [4.69, 9.17) is 21.4 Å². The molecular weight excluding hydrogens is 338 g/mol. The van der Waals surface area contributed by atoms with Crippen LogP contribution in [0.2, 0.25) is 5.02 Å². The number of benzene rings is 3. The van der Waals surface area contributed by atoms with E-state index in [1.165, 1.54) is 12.1 Å². The van der Waals surface area contributed by atoms with Crippen molar-refractivity contribution in [3.8, 4) is 11.5 Å². The summed E-state index contributed by atoms with van der Waals surface area (Å²) < 4.78 is 5.72. The number of para-hydroxylation sites is 1. The van der Waals surface area contributed by atoms with Crippen molar-refractivity contribution in [2.24, 2.45) is 0 Å². The second kappa shape index (κ2) is 7.73. The molecule has 0 heterocycles. The van der Waals surface area contributed by atoms with E-state index in [0.717, 1.165) is 11.3 Å². The fourth-order valence-electron chi connectivity index (χ4n) is 2.28. The normalized spacial score (nSPS) is 10.3. The highest BCUT2D eigenvalue weighted by atomic mass is 35.5. The number of carbonyl (C=O) groups is 1. The molecule has 0 amide bonds. The Bertz CT molecular complexity index is 864. The number of halogens is 1. The summed E-state index contributed by atoms with van der Waals surface area (Å²) in [6.45, 7) is 0.707. The Labute approximate surface area is 150 Å². The number of carboxylic acid groups (broad SMARTS) is 1. The smallest absolute Gasteiger partial charge is 0.335 e. The highest BCUT2D eigenvalue weighted by Crippen LogP contribution is 2.30. The van der Waals surface area contributed by atoms with E-state index in [0.29, 0.717) is 18.0 Å². The number of aromatic carboxylic acids is 1. The van der Waals surface area contributed by atoms with Crippen molar-refractivity contribution in [2.75, 3.05) is 5.32 Å². The maximum absolute atomic E-state index is 10.9. The maximum Gasteiger partial charge on any atom is 0.335 e. The number of hydrogen-bond donors (Lipinski definition) is 2. The van der Waals surface area contributed by atoms with E-state index >= 15 is 0 Å². The quantitative estimate of drug-likeness (QED) is 0.619. The van der Waals surface area contributed by atoms with Crippen molar-refractivity contribution in [1.29, 1.82) is 0 Å². The summed E-state index contributed by atoms with van der Waals surface area (Å²) >= 11 is 6.07. The van der Waals surface area contributed by atoms with Gasteiger partial charge in [0.2, 0.25) is 0 Å². The molecular formula is C20H16ClNO3. The van der Waals surface area contributed by atoms with Gasteiger partial charge < -0.3 is 15.2 Å². The molecule has 0 atom stereocenters. The van der Waals surface area contributed by atoms with Gasteiger partial charge in [-0.1, -0.05) is 41.9 Å². The molecule has 2 N–H and O–H groups in total. The highest BCUT2D eigenvalue weighted by Gasteiger charge is 2.08. The summed E-state index contributed by atoms with van der Waals surface area (Å²) in [4.78, 5) is 10.9. The third kappa shape index (κ3) is 4.52. The maximum atomic E-state index is 10.9. The molecule has 0 aliphatic carbocycles. The largest absolute Gasteiger partial charge is 0.478 e. The molecule has 0 radical (unpaired) electrons. The zero-order valence-corrected chi connectivity index (χ0v) is 14.0. The van der Waals surface area contributed by atoms with Crippen molar-refractivity contribution in [3.05, 3.63) is 88.9 Å². The third-order valence-electron chi connectivity index (χ3n) is 3.60. The number of ether oxygens (including phenoxy) is 1. The van der Waals surface area contributed by atoms with Gasteiger partial charge in [0.05, 0.1) is 10.6 Å². The van der Waals surface area contributed by atoms with E-state index < -0.39 is 5.97 Å². The summed E-state index contributed by atoms with van der Waals surface area (Å²) in [7, 11) is 0. The molecule has 5 heteroatoms. The summed E-state index contributed by atoms with van der Waals surface area (Å²) in [6, 6.07) is 22.0. The Morgan fingerprint density at radius 1 is 1.00 bits per heavy atom. The molecule has 3 aromatic rings. The Hall–Kier alpha value is -2.98. The van der Waals surface area contributed by atoms with Crippen LogP contribution in [0.15, 0.2) is 72.8 Å². The van der Waals surface area contributed by atoms with Gasteiger partial charge >= 0.3 is 5.97 Å². The van der Waals surface area contributed by atoms with Gasteiger partial charge in [0.25, 0.3) is 0 Å². The zero-order chi connectivity index (χ0) is 17.6. The molecule has 126 valence electrons. The fourth-order valence-corrected chi connectivity index (χ4v) is 2.50. The van der Waals surface area contributed by atoms with Crippen LogP contribution in [0.5, 0.6) is 11.5 Å². The zero-order valence-electron chi connectivity index (χ0n) is 13.3. The van der Waals surface area contributed by atoms with Gasteiger partial charge in [0.15, 0.2) is 0 Å². The molecule has 0 unspecified atom stereocenters. The second-order valence-electron chi connectivity index (χ2n) is 5.42. The van der Waals surface area contributed by atoms with Crippen molar-refractivity contribution in [2.45, 2.75) is 6.54 Å². The van der Waals surface area contributed by atoms with Gasteiger partial charge in [-0.05, 0) is 48.0 Å². The van der Waals surface area contributed by atoms with Crippen molar-refractivity contribution in [1.82, 2.24) is 0 Å². The van der Waals surface area contributed by atoms with Crippen LogP contribution in [0.25, 0.3) is 0 Å². The molecule has 0 fully saturated rings. The first kappa shape index (κ1) is 16.9. The lowest BCUT2D eigenvalue weighted by atomic mass is 10.2. The van der Waals surface area contributed by atoms with Gasteiger partial charge in [0.1, 0.15) is 11.5 Å². The van der Waals surface area contributed by atoms with Gasteiger partial charge in [0, 0.05) is 12.2 Å². The Morgan fingerprint density at radius 3 is 2.36 bits per heavy atom. The van der Waals surface area contributed by atoms with E-state index in [1.54, 1.807) is 6.07 Å². The minimum Gasteiger partial charge on any atom is -0.478 e. The minimum atomic E-state index is -1.02. The first-order valence-electron chi connectivity index (χ1n) is 7.70. The summed E-state index contributed by atoms with van der Waals surface area (Å²) in [5, 5.41) is 12.5. The first-order valence-corrected chi connectivity index (χ1v) is 8.08. The lowest BCUT2D eigenvalue weighted by Crippen LogP contribution is -1.99. The Kier molecular flexibility index (Phi) is 5.21. The lowest BCUT2D eigenvalue weighted by molar-refractivity contribution is 0.0697. The van der Waals surface area contributed by atoms with Crippen LogP contribution in [0, 0.1) is 0 Å². The van der Waals surface area contributed by atoms with Crippen LogP contribution < -0.4 is 10.1 Å². The number of nitrogens with one attached hydrogen (secondary N) is 1. The molecule has 0 aliphatic heterocycles. The summed E-state index contributed by atoms with van der Waals surface area (Å²) in [6.07, 6.45) is 0. The molecule has 0 aromatic heterocycles. The SMILES string of the molecule is O=C(O)c1ccc(Oc2ccc(CNc3ccccc3)cc2)c(Cl)c1. The Morgan fingerprint density at radius 2 is 1.72 bits per heavy atom. The van der Waals surface area contributed by atoms with Crippen molar-refractivity contribution < 1.29 is 14.6 Å². The van der Waals surface area contributed by atoms with Gasteiger partial charge in [-0.2, -0.15) is 0 Å². The topological polar surface area (TPSA) is 58.6 Å². The monoisotopic (exact) mass is 353 g/mol. The van der Waals surface area contributed by atoms with Gasteiger partial charge in [-0.25, -0.2) is 4.79 Å². The average molecular weight is 354 g/mol. The van der Waals surface area contributed by atoms with E-state index in [1.807, 2.05) is 54.6 Å². The van der Waals surface area contributed by atoms with Gasteiger partial charge in [-0.3, -0.25) is 0 Å². The van der Waals surface area contributed by atoms with Crippen molar-refractivity contribution >= 4 is 23.3 Å². The molecule has 25 heavy (non-hydrogen) atoms. The van der Waals surface area contributed by atoms with Crippen molar-refractivity contribution in [3.63, 3.8) is 0 Å². The van der Waals surface area contributed by atoms with E-state index in [-0.39, 0.29) is 10.6 Å². The predicted molar refractivity (Wildman–Crippen MR) is 98.7 cm³/mol. The lowest BCUT2D eigenvalue weighted by Gasteiger charge is -2.10. The summed E-state index contributed by atoms with van der Waals surface area (Å²) in [5.41, 5.74) is 2.30. The first-order chi connectivity index (χ1) is 12.1. The van der Waals surface area contributed by atoms with Crippen LogP contribution >= 0.6 is 11.6 Å². The molecule has 3 aromatic carbocycles. The number of carboxylic acids is 1. The minimum absolute atomic E-state index is 0.125.